The maximum absolute atomic E-state index is 12.4. The minimum Gasteiger partial charge on any atom is -0.369 e. The molecule has 2 aromatic carbocycles. The average Bonchev–Trinajstić information content (AvgIpc) is 2.57. The lowest BCUT2D eigenvalue weighted by molar-refractivity contribution is 0.102. The summed E-state index contributed by atoms with van der Waals surface area (Å²) in [6.07, 6.45) is 0. The summed E-state index contributed by atoms with van der Waals surface area (Å²) in [5.41, 5.74) is 3.66. The third kappa shape index (κ3) is 3.89. The molecule has 0 aromatic heterocycles. The first-order valence-corrected chi connectivity index (χ1v) is 8.52. The largest absolute Gasteiger partial charge is 0.369 e. The van der Waals surface area contributed by atoms with Gasteiger partial charge in [0.15, 0.2) is 0 Å². The molecule has 1 amide bonds. The Morgan fingerprint density at radius 1 is 1.08 bits per heavy atom. The number of aryl methyl sites for hydroxylation is 1. The molecule has 1 N–H and O–H groups in total. The van der Waals surface area contributed by atoms with Crippen molar-refractivity contribution in [1.29, 1.82) is 0 Å². The number of carbonyl (C=O) groups is 1. The highest BCUT2D eigenvalue weighted by molar-refractivity contribution is 6.31. The van der Waals surface area contributed by atoms with Gasteiger partial charge in [0.1, 0.15) is 0 Å². The van der Waals surface area contributed by atoms with Crippen LogP contribution >= 0.6 is 11.6 Å². The van der Waals surface area contributed by atoms with E-state index in [2.05, 4.69) is 34.3 Å². The summed E-state index contributed by atoms with van der Waals surface area (Å²) in [5, 5.41) is 3.53. The maximum Gasteiger partial charge on any atom is 0.255 e. The number of hydrogen-bond acceptors (Lipinski definition) is 3. The van der Waals surface area contributed by atoms with E-state index in [4.69, 9.17) is 11.6 Å². The van der Waals surface area contributed by atoms with Gasteiger partial charge < -0.3 is 15.1 Å². The van der Waals surface area contributed by atoms with Gasteiger partial charge in [-0.15, -0.1) is 0 Å². The summed E-state index contributed by atoms with van der Waals surface area (Å²) >= 11 is 5.95. The van der Waals surface area contributed by atoms with E-state index in [0.717, 1.165) is 37.4 Å². The first-order chi connectivity index (χ1) is 11.5. The van der Waals surface area contributed by atoms with Crippen molar-refractivity contribution in [2.75, 3.05) is 43.4 Å². The molecule has 1 fully saturated rings. The Labute approximate surface area is 148 Å². The molecule has 0 atom stereocenters. The SMILES string of the molecule is Cc1cc(N2CCN(C)CC2)ccc1NC(=O)c1cccc(Cl)c1. The third-order valence-corrected chi connectivity index (χ3v) is 4.65. The fourth-order valence-electron chi connectivity index (χ4n) is 2.87. The smallest absolute Gasteiger partial charge is 0.255 e. The normalized spacial score (nSPS) is 15.4. The minimum absolute atomic E-state index is 0.145. The fourth-order valence-corrected chi connectivity index (χ4v) is 3.06. The molecule has 0 saturated carbocycles. The van der Waals surface area contributed by atoms with E-state index in [1.54, 1.807) is 24.3 Å². The molecule has 0 bridgehead atoms. The summed E-state index contributed by atoms with van der Waals surface area (Å²) in [7, 11) is 2.15. The summed E-state index contributed by atoms with van der Waals surface area (Å²) in [5.74, 6) is -0.145. The molecule has 126 valence electrons. The highest BCUT2D eigenvalue weighted by Crippen LogP contribution is 2.24. The van der Waals surface area contributed by atoms with Gasteiger partial charge in [-0.05, 0) is 55.9 Å². The number of hydrogen-bond donors (Lipinski definition) is 1. The van der Waals surface area contributed by atoms with Gasteiger partial charge in [0.05, 0.1) is 0 Å². The quantitative estimate of drug-likeness (QED) is 0.924. The molecule has 0 aliphatic carbocycles. The van der Waals surface area contributed by atoms with Gasteiger partial charge in [0, 0.05) is 48.1 Å². The van der Waals surface area contributed by atoms with Crippen LogP contribution in [0.15, 0.2) is 42.5 Å². The van der Waals surface area contributed by atoms with E-state index in [1.807, 2.05) is 13.0 Å². The molecule has 5 heteroatoms. The number of amides is 1. The lowest BCUT2D eigenvalue weighted by atomic mass is 10.1. The molecule has 1 aliphatic heterocycles. The van der Waals surface area contributed by atoms with Crippen molar-refractivity contribution >= 4 is 28.9 Å². The summed E-state index contributed by atoms with van der Waals surface area (Å²) in [4.78, 5) is 17.1. The number of rotatable bonds is 3. The Kier molecular flexibility index (Phi) is 5.07. The first-order valence-electron chi connectivity index (χ1n) is 8.14. The van der Waals surface area contributed by atoms with Crippen LogP contribution in [0.4, 0.5) is 11.4 Å². The molecule has 0 spiro atoms. The van der Waals surface area contributed by atoms with E-state index >= 15 is 0 Å². The van der Waals surface area contributed by atoms with Gasteiger partial charge in [0.25, 0.3) is 5.91 Å². The highest BCUT2D eigenvalue weighted by Gasteiger charge is 2.15. The second-order valence-electron chi connectivity index (χ2n) is 6.25. The molecule has 1 heterocycles. The van der Waals surface area contributed by atoms with Crippen molar-refractivity contribution < 1.29 is 4.79 Å². The Hall–Kier alpha value is -2.04. The van der Waals surface area contributed by atoms with Crippen molar-refractivity contribution in [3.8, 4) is 0 Å². The second-order valence-corrected chi connectivity index (χ2v) is 6.69. The van der Waals surface area contributed by atoms with Crippen LogP contribution in [-0.2, 0) is 0 Å². The van der Waals surface area contributed by atoms with Gasteiger partial charge in [-0.25, -0.2) is 0 Å². The van der Waals surface area contributed by atoms with Gasteiger partial charge in [-0.3, -0.25) is 4.79 Å². The topological polar surface area (TPSA) is 35.6 Å². The van der Waals surface area contributed by atoms with Crippen molar-refractivity contribution in [2.45, 2.75) is 6.92 Å². The first kappa shape index (κ1) is 16.8. The van der Waals surface area contributed by atoms with Crippen LogP contribution in [0.2, 0.25) is 5.02 Å². The molecular weight excluding hydrogens is 322 g/mol. The van der Waals surface area contributed by atoms with E-state index in [0.29, 0.717) is 10.6 Å². The van der Waals surface area contributed by atoms with E-state index < -0.39 is 0 Å². The molecule has 4 nitrogen and oxygen atoms in total. The number of benzene rings is 2. The number of carbonyl (C=O) groups excluding carboxylic acids is 1. The Morgan fingerprint density at radius 2 is 1.83 bits per heavy atom. The van der Waals surface area contributed by atoms with Gasteiger partial charge in [0.2, 0.25) is 0 Å². The Bertz CT molecular complexity index is 739. The van der Waals surface area contributed by atoms with Crippen LogP contribution < -0.4 is 10.2 Å². The number of anilines is 2. The van der Waals surface area contributed by atoms with Gasteiger partial charge >= 0.3 is 0 Å². The van der Waals surface area contributed by atoms with Crippen molar-refractivity contribution in [1.82, 2.24) is 4.90 Å². The van der Waals surface area contributed by atoms with Crippen LogP contribution in [-0.4, -0.2) is 44.0 Å². The zero-order valence-electron chi connectivity index (χ0n) is 14.1. The number of piperazine rings is 1. The van der Waals surface area contributed by atoms with E-state index in [1.165, 1.54) is 5.69 Å². The summed E-state index contributed by atoms with van der Waals surface area (Å²) in [6.45, 7) is 6.24. The molecule has 0 radical (unpaired) electrons. The molecule has 1 saturated heterocycles. The molecule has 24 heavy (non-hydrogen) atoms. The molecule has 2 aromatic rings. The van der Waals surface area contributed by atoms with Crippen LogP contribution in [0.5, 0.6) is 0 Å². The van der Waals surface area contributed by atoms with E-state index in [-0.39, 0.29) is 5.91 Å². The zero-order chi connectivity index (χ0) is 17.1. The predicted molar refractivity (Wildman–Crippen MR) is 100 cm³/mol. The Balaban J connectivity index is 1.72. The third-order valence-electron chi connectivity index (χ3n) is 4.41. The maximum atomic E-state index is 12.4. The summed E-state index contributed by atoms with van der Waals surface area (Å²) in [6, 6.07) is 13.2. The van der Waals surface area contributed by atoms with Crippen LogP contribution in [0.25, 0.3) is 0 Å². The lowest BCUT2D eigenvalue weighted by Crippen LogP contribution is -2.44. The zero-order valence-corrected chi connectivity index (χ0v) is 14.8. The number of nitrogens with one attached hydrogen (secondary N) is 1. The average molecular weight is 344 g/mol. The molecule has 1 aliphatic rings. The number of nitrogens with zero attached hydrogens (tertiary/aromatic N) is 2. The number of likely N-dealkylation sites (N-methyl/N-ethyl adjacent to an activating group) is 1. The van der Waals surface area contributed by atoms with Crippen LogP contribution in [0.3, 0.4) is 0 Å². The van der Waals surface area contributed by atoms with Crippen LogP contribution in [0, 0.1) is 6.92 Å². The van der Waals surface area contributed by atoms with Gasteiger partial charge in [-0.2, -0.15) is 0 Å². The van der Waals surface area contributed by atoms with Crippen molar-refractivity contribution in [3.63, 3.8) is 0 Å². The van der Waals surface area contributed by atoms with Gasteiger partial charge in [-0.1, -0.05) is 17.7 Å². The highest BCUT2D eigenvalue weighted by atomic mass is 35.5. The van der Waals surface area contributed by atoms with Crippen LogP contribution in [0.1, 0.15) is 15.9 Å². The minimum atomic E-state index is -0.145. The molecule has 0 unspecified atom stereocenters. The monoisotopic (exact) mass is 343 g/mol. The standard InChI is InChI=1S/C19H22ClN3O/c1-14-12-17(23-10-8-22(2)9-11-23)6-7-18(14)21-19(24)15-4-3-5-16(20)13-15/h3-7,12-13H,8-11H2,1-2H3,(H,21,24). The fraction of sp³-hybridized carbons (Fsp3) is 0.316. The summed E-state index contributed by atoms with van der Waals surface area (Å²) < 4.78 is 0. The Morgan fingerprint density at radius 3 is 2.50 bits per heavy atom. The van der Waals surface area contributed by atoms with Crippen molar-refractivity contribution in [2.24, 2.45) is 0 Å². The second kappa shape index (κ2) is 7.24. The molecular formula is C19H22ClN3O. The predicted octanol–water partition coefficient (Wildman–Crippen LogP) is 3.65. The van der Waals surface area contributed by atoms with Crippen molar-refractivity contribution in [3.05, 3.63) is 58.6 Å². The van der Waals surface area contributed by atoms with E-state index in [9.17, 15) is 4.79 Å². The molecule has 3 rings (SSSR count). The number of halogens is 1. The lowest BCUT2D eigenvalue weighted by Gasteiger charge is -2.34.